The summed E-state index contributed by atoms with van der Waals surface area (Å²) in [4.78, 5) is 2.46. The predicted molar refractivity (Wildman–Crippen MR) is 276 cm³/mol. The van der Waals surface area contributed by atoms with Crippen molar-refractivity contribution < 1.29 is 0 Å². The molecule has 0 fully saturated rings. The van der Waals surface area contributed by atoms with Crippen molar-refractivity contribution in [3.63, 3.8) is 0 Å². The second kappa shape index (κ2) is 14.7. The van der Waals surface area contributed by atoms with Crippen molar-refractivity contribution in [1.29, 1.82) is 0 Å². The molecule has 2 heteroatoms. The van der Waals surface area contributed by atoms with Crippen LogP contribution in [0.3, 0.4) is 0 Å². The van der Waals surface area contributed by atoms with Crippen LogP contribution < -0.4 is 4.90 Å². The molecular formula is C64H46N2. The van der Waals surface area contributed by atoms with Gasteiger partial charge in [-0.2, -0.15) is 0 Å². The monoisotopic (exact) mass is 842 g/mol. The lowest BCUT2D eigenvalue weighted by molar-refractivity contribution is 0.660. The first kappa shape index (κ1) is 38.3. The number of hydrogen-bond acceptors (Lipinski definition) is 1. The Labute approximate surface area is 386 Å². The Hall–Kier alpha value is -8.20. The van der Waals surface area contributed by atoms with Crippen molar-refractivity contribution in [2.45, 2.75) is 24.7 Å². The molecule has 0 amide bonds. The third-order valence-electron chi connectivity index (χ3n) is 14.7. The van der Waals surface area contributed by atoms with Crippen molar-refractivity contribution in [1.82, 2.24) is 4.57 Å². The average molecular weight is 843 g/mol. The summed E-state index contributed by atoms with van der Waals surface area (Å²) in [6.45, 7) is 4.71. The third-order valence-corrected chi connectivity index (χ3v) is 14.7. The highest BCUT2D eigenvalue weighted by molar-refractivity contribution is 6.10. The van der Waals surface area contributed by atoms with Gasteiger partial charge in [-0.1, -0.05) is 196 Å². The Morgan fingerprint density at radius 3 is 1.48 bits per heavy atom. The zero-order valence-corrected chi connectivity index (χ0v) is 37.0. The van der Waals surface area contributed by atoms with Crippen LogP contribution in [0.15, 0.2) is 243 Å². The summed E-state index contributed by atoms with van der Waals surface area (Å²) in [7, 11) is 0. The molecule has 10 aromatic carbocycles. The first-order valence-corrected chi connectivity index (χ1v) is 23.1. The molecule has 0 saturated carbocycles. The Kier molecular flexibility index (Phi) is 8.51. The van der Waals surface area contributed by atoms with Crippen LogP contribution in [-0.2, 0) is 10.8 Å². The van der Waals surface area contributed by atoms with Crippen LogP contribution >= 0.6 is 0 Å². The molecule has 0 atom stereocenters. The molecule has 0 aliphatic heterocycles. The van der Waals surface area contributed by atoms with Crippen molar-refractivity contribution in [3.8, 4) is 39.1 Å². The van der Waals surface area contributed by atoms with Crippen LogP contribution in [0.5, 0.6) is 0 Å². The van der Waals surface area contributed by atoms with E-state index >= 15 is 0 Å². The maximum absolute atomic E-state index is 2.46. The van der Waals surface area contributed by atoms with Gasteiger partial charge >= 0.3 is 0 Å². The number of anilines is 3. The molecular weight excluding hydrogens is 797 g/mol. The molecule has 0 spiro atoms. The minimum atomic E-state index is -0.463. The number of fused-ring (bicyclic) bond motifs is 9. The molecule has 66 heavy (non-hydrogen) atoms. The zero-order valence-electron chi connectivity index (χ0n) is 37.0. The summed E-state index contributed by atoms with van der Waals surface area (Å²) in [6.07, 6.45) is 0. The van der Waals surface area contributed by atoms with Crippen LogP contribution in [-0.4, -0.2) is 4.57 Å². The quantitative estimate of drug-likeness (QED) is 0.155. The molecule has 312 valence electrons. The van der Waals surface area contributed by atoms with E-state index in [4.69, 9.17) is 0 Å². The van der Waals surface area contributed by atoms with Crippen molar-refractivity contribution in [3.05, 3.63) is 276 Å². The van der Waals surface area contributed by atoms with Crippen molar-refractivity contribution >= 4 is 38.9 Å². The Morgan fingerprint density at radius 2 is 0.803 bits per heavy atom. The molecule has 1 aromatic heterocycles. The van der Waals surface area contributed by atoms with Gasteiger partial charge in [-0.15, -0.1) is 0 Å². The first-order chi connectivity index (χ1) is 32.5. The standard InChI is InChI=1S/C64H46N2/c1-63(2)57-27-15-12-24-51(57)55-41-49(35-38-58(55)63)65(48-33-30-43(31-34-48)44-32-37-54-53-26-14-17-29-61(53)66(62(54)40-44)47-22-10-5-11-23-47)50-36-39-60-56(42-50)52-25-13-16-28-59(52)64(60,45-18-6-3-7-19-45)46-20-8-4-9-21-46/h3-42H,1-2H3. The molecule has 2 aliphatic carbocycles. The minimum absolute atomic E-state index is 0.0836. The topological polar surface area (TPSA) is 8.17 Å². The molecule has 11 aromatic rings. The molecule has 0 saturated heterocycles. The van der Waals surface area contributed by atoms with E-state index in [1.54, 1.807) is 0 Å². The first-order valence-electron chi connectivity index (χ1n) is 23.1. The highest BCUT2D eigenvalue weighted by Crippen LogP contribution is 2.58. The second-order valence-corrected chi connectivity index (χ2v) is 18.5. The number of rotatable bonds is 7. The van der Waals surface area contributed by atoms with Crippen LogP contribution in [0.25, 0.3) is 60.9 Å². The molecule has 0 unspecified atom stereocenters. The lowest BCUT2D eigenvalue weighted by Crippen LogP contribution is -2.28. The van der Waals surface area contributed by atoms with Crippen molar-refractivity contribution in [2.24, 2.45) is 0 Å². The maximum Gasteiger partial charge on any atom is 0.0713 e. The van der Waals surface area contributed by atoms with Crippen LogP contribution in [0.2, 0.25) is 0 Å². The average Bonchev–Trinajstić information content (AvgIpc) is 3.95. The van der Waals surface area contributed by atoms with E-state index in [1.165, 1.54) is 88.6 Å². The van der Waals surface area contributed by atoms with Gasteiger partial charge in [0, 0.05) is 38.9 Å². The molecule has 0 N–H and O–H groups in total. The van der Waals surface area contributed by atoms with Crippen LogP contribution in [0.4, 0.5) is 17.1 Å². The van der Waals surface area contributed by atoms with Gasteiger partial charge in [0.25, 0.3) is 0 Å². The van der Waals surface area contributed by atoms with E-state index in [0.29, 0.717) is 0 Å². The van der Waals surface area contributed by atoms with Gasteiger partial charge in [0.15, 0.2) is 0 Å². The van der Waals surface area contributed by atoms with Gasteiger partial charge in [0.2, 0.25) is 0 Å². The van der Waals surface area contributed by atoms with E-state index < -0.39 is 5.41 Å². The lowest BCUT2D eigenvalue weighted by Gasteiger charge is -2.34. The van der Waals surface area contributed by atoms with E-state index in [2.05, 4.69) is 266 Å². The normalized spacial score (nSPS) is 13.8. The fraction of sp³-hybridized carbons (Fsp3) is 0.0625. The molecule has 0 bridgehead atoms. The summed E-state index contributed by atoms with van der Waals surface area (Å²) in [5.74, 6) is 0. The third kappa shape index (κ3) is 5.55. The largest absolute Gasteiger partial charge is 0.310 e. The highest BCUT2D eigenvalue weighted by atomic mass is 15.1. The van der Waals surface area contributed by atoms with Crippen LogP contribution in [0.1, 0.15) is 47.2 Å². The molecule has 1 heterocycles. The number of aromatic nitrogens is 1. The van der Waals surface area contributed by atoms with Gasteiger partial charge in [-0.3, -0.25) is 0 Å². The fourth-order valence-corrected chi connectivity index (χ4v) is 11.7. The Balaban J connectivity index is 0.990. The zero-order chi connectivity index (χ0) is 44.0. The Bertz CT molecular complexity index is 3620. The van der Waals surface area contributed by atoms with Gasteiger partial charge in [0.05, 0.1) is 16.4 Å². The summed E-state index contributed by atoms with van der Waals surface area (Å²) in [6, 6.07) is 90.0. The molecule has 0 radical (unpaired) electrons. The number of nitrogens with zero attached hydrogens (tertiary/aromatic N) is 2. The SMILES string of the molecule is CC1(C)c2ccccc2-c2cc(N(c3ccc(-c4ccc5c6ccccc6n(-c6ccccc6)c5c4)cc3)c3ccc4c(c3)-c3ccccc3C4(c3ccccc3)c3ccccc3)ccc21. The van der Waals surface area contributed by atoms with E-state index in [0.717, 1.165) is 22.7 Å². The minimum Gasteiger partial charge on any atom is -0.310 e. The van der Waals surface area contributed by atoms with E-state index in [1.807, 2.05) is 0 Å². The lowest BCUT2D eigenvalue weighted by atomic mass is 9.68. The fourth-order valence-electron chi connectivity index (χ4n) is 11.7. The number of para-hydroxylation sites is 2. The summed E-state index contributed by atoms with van der Waals surface area (Å²) < 4.78 is 2.40. The van der Waals surface area contributed by atoms with Gasteiger partial charge in [-0.25, -0.2) is 0 Å². The molecule has 2 nitrogen and oxygen atoms in total. The number of hydrogen-bond donors (Lipinski definition) is 0. The molecule has 13 rings (SSSR count). The van der Waals surface area contributed by atoms with Gasteiger partial charge < -0.3 is 9.47 Å². The van der Waals surface area contributed by atoms with E-state index in [9.17, 15) is 0 Å². The van der Waals surface area contributed by atoms with Gasteiger partial charge in [0.1, 0.15) is 0 Å². The van der Waals surface area contributed by atoms with Crippen LogP contribution in [0, 0.1) is 0 Å². The smallest absolute Gasteiger partial charge is 0.0713 e. The van der Waals surface area contributed by atoms with Gasteiger partial charge in [-0.05, 0) is 127 Å². The second-order valence-electron chi connectivity index (χ2n) is 18.5. The predicted octanol–water partition coefficient (Wildman–Crippen LogP) is 16.6. The number of benzene rings is 10. The van der Waals surface area contributed by atoms with E-state index in [-0.39, 0.29) is 5.41 Å². The summed E-state index contributed by atoms with van der Waals surface area (Å²) in [5, 5.41) is 2.51. The highest BCUT2D eigenvalue weighted by Gasteiger charge is 2.46. The van der Waals surface area contributed by atoms with Crippen molar-refractivity contribution in [2.75, 3.05) is 4.90 Å². The maximum atomic E-state index is 2.46. The summed E-state index contributed by atoms with van der Waals surface area (Å²) in [5.41, 5.74) is 21.8. The summed E-state index contributed by atoms with van der Waals surface area (Å²) >= 11 is 0. The Morgan fingerprint density at radius 1 is 0.333 bits per heavy atom. The molecule has 2 aliphatic rings.